The number of carbonyl (C=O) groups is 2. The van der Waals surface area contributed by atoms with Crippen molar-refractivity contribution in [3.05, 3.63) is 23.8 Å². The lowest BCUT2D eigenvalue weighted by atomic mass is 10.2. The molecule has 22 heavy (non-hydrogen) atoms. The van der Waals surface area contributed by atoms with E-state index in [0.717, 1.165) is 0 Å². The largest absolute Gasteiger partial charge is 0.497 e. The third-order valence-electron chi connectivity index (χ3n) is 2.58. The second kappa shape index (κ2) is 7.68. The van der Waals surface area contributed by atoms with Gasteiger partial charge in [-0.3, -0.25) is 4.79 Å². The van der Waals surface area contributed by atoms with Crippen molar-refractivity contribution in [1.82, 2.24) is 0 Å². The minimum Gasteiger partial charge on any atom is -0.497 e. The van der Waals surface area contributed by atoms with Gasteiger partial charge in [0.05, 0.1) is 19.3 Å². The summed E-state index contributed by atoms with van der Waals surface area (Å²) < 4.78 is 15.7. The van der Waals surface area contributed by atoms with Crippen LogP contribution in [0.5, 0.6) is 11.5 Å². The molecule has 6 heteroatoms. The van der Waals surface area contributed by atoms with Crippen molar-refractivity contribution < 1.29 is 28.9 Å². The summed E-state index contributed by atoms with van der Waals surface area (Å²) >= 11 is 0. The Kier molecular flexibility index (Phi) is 6.22. The van der Waals surface area contributed by atoms with Crippen molar-refractivity contribution >= 4 is 11.9 Å². The van der Waals surface area contributed by atoms with Gasteiger partial charge in [-0.25, -0.2) is 4.79 Å². The Morgan fingerprint density at radius 3 is 2.32 bits per heavy atom. The number of carboxylic acid groups (broad SMARTS) is 1. The highest BCUT2D eigenvalue weighted by molar-refractivity contribution is 5.88. The van der Waals surface area contributed by atoms with Crippen LogP contribution in [-0.4, -0.2) is 36.4 Å². The number of esters is 1. The number of methoxy groups -OCH3 is 1. The first kappa shape index (κ1) is 17.8. The van der Waals surface area contributed by atoms with Crippen molar-refractivity contribution in [2.45, 2.75) is 39.2 Å². The van der Waals surface area contributed by atoms with E-state index in [-0.39, 0.29) is 24.6 Å². The second-order valence-electron chi connectivity index (χ2n) is 5.74. The molecular weight excluding hydrogens is 288 g/mol. The molecule has 1 aromatic carbocycles. The topological polar surface area (TPSA) is 82.1 Å². The van der Waals surface area contributed by atoms with Crippen LogP contribution in [0.15, 0.2) is 18.2 Å². The first-order valence-corrected chi connectivity index (χ1v) is 6.98. The number of benzene rings is 1. The van der Waals surface area contributed by atoms with Crippen molar-refractivity contribution in [3.8, 4) is 11.5 Å². The molecule has 0 heterocycles. The summed E-state index contributed by atoms with van der Waals surface area (Å²) in [5, 5.41) is 9.01. The minimum absolute atomic E-state index is 0.0847. The van der Waals surface area contributed by atoms with E-state index in [4.69, 9.17) is 19.3 Å². The lowest BCUT2D eigenvalue weighted by Crippen LogP contribution is -2.23. The molecule has 1 N–H and O–H groups in total. The van der Waals surface area contributed by atoms with E-state index in [2.05, 4.69) is 0 Å². The highest BCUT2D eigenvalue weighted by Gasteiger charge is 2.15. The standard InChI is InChI=1S/C16H22O6/c1-16(2,3)22-14(17)6-5-7-21-13-9-11(15(18)19)8-12(10-13)20-4/h8-10H,5-7H2,1-4H3,(H,18,19). The zero-order valence-corrected chi connectivity index (χ0v) is 13.3. The van der Waals surface area contributed by atoms with Gasteiger partial charge in [0.15, 0.2) is 0 Å². The van der Waals surface area contributed by atoms with E-state index >= 15 is 0 Å². The lowest BCUT2D eigenvalue weighted by molar-refractivity contribution is -0.155. The highest BCUT2D eigenvalue weighted by Crippen LogP contribution is 2.23. The minimum atomic E-state index is -1.06. The maximum atomic E-state index is 11.5. The smallest absolute Gasteiger partial charge is 0.335 e. The molecule has 0 unspecified atom stereocenters. The van der Waals surface area contributed by atoms with Crippen molar-refractivity contribution in [3.63, 3.8) is 0 Å². The third-order valence-corrected chi connectivity index (χ3v) is 2.58. The van der Waals surface area contributed by atoms with Gasteiger partial charge < -0.3 is 19.3 Å². The van der Waals surface area contributed by atoms with E-state index in [1.807, 2.05) is 20.8 Å². The Bertz CT molecular complexity index is 530. The zero-order chi connectivity index (χ0) is 16.8. The summed E-state index contributed by atoms with van der Waals surface area (Å²) in [7, 11) is 1.45. The van der Waals surface area contributed by atoms with Crippen LogP contribution < -0.4 is 9.47 Å². The molecular formula is C16H22O6. The molecule has 0 radical (unpaired) electrons. The number of carbonyl (C=O) groups excluding carboxylic acids is 1. The Labute approximate surface area is 130 Å². The molecule has 122 valence electrons. The first-order valence-electron chi connectivity index (χ1n) is 6.98. The average molecular weight is 310 g/mol. The molecule has 6 nitrogen and oxygen atoms in total. The summed E-state index contributed by atoms with van der Waals surface area (Å²) in [6.45, 7) is 5.71. The Morgan fingerprint density at radius 1 is 1.14 bits per heavy atom. The average Bonchev–Trinajstić information content (AvgIpc) is 2.41. The van der Waals surface area contributed by atoms with Gasteiger partial charge >= 0.3 is 11.9 Å². The fourth-order valence-corrected chi connectivity index (χ4v) is 1.70. The second-order valence-corrected chi connectivity index (χ2v) is 5.74. The van der Waals surface area contributed by atoms with Crippen LogP contribution in [0.3, 0.4) is 0 Å². The monoisotopic (exact) mass is 310 g/mol. The molecule has 1 aromatic rings. The van der Waals surface area contributed by atoms with Crippen LogP contribution in [0, 0.1) is 0 Å². The molecule has 0 bridgehead atoms. The molecule has 0 saturated carbocycles. The van der Waals surface area contributed by atoms with Gasteiger partial charge in [-0.1, -0.05) is 0 Å². The third kappa shape index (κ3) is 6.47. The SMILES string of the molecule is COc1cc(OCCCC(=O)OC(C)(C)C)cc(C(=O)O)c1. The maximum Gasteiger partial charge on any atom is 0.335 e. The van der Waals surface area contributed by atoms with Gasteiger partial charge in [0.25, 0.3) is 0 Å². The van der Waals surface area contributed by atoms with Gasteiger partial charge in [0.2, 0.25) is 0 Å². The molecule has 0 spiro atoms. The van der Waals surface area contributed by atoms with E-state index in [0.29, 0.717) is 17.9 Å². The van der Waals surface area contributed by atoms with Gasteiger partial charge in [-0.05, 0) is 39.3 Å². The van der Waals surface area contributed by atoms with Gasteiger partial charge in [0.1, 0.15) is 17.1 Å². The van der Waals surface area contributed by atoms with Crippen LogP contribution in [0.25, 0.3) is 0 Å². The summed E-state index contributed by atoms with van der Waals surface area (Å²) in [6, 6.07) is 4.42. The number of hydrogen-bond donors (Lipinski definition) is 1. The Morgan fingerprint density at radius 2 is 1.77 bits per heavy atom. The Hall–Kier alpha value is -2.24. The van der Waals surface area contributed by atoms with Crippen LogP contribution in [0.1, 0.15) is 44.0 Å². The van der Waals surface area contributed by atoms with Crippen molar-refractivity contribution in [2.24, 2.45) is 0 Å². The summed E-state index contributed by atoms with van der Waals surface area (Å²) in [5.74, 6) is -0.548. The summed E-state index contributed by atoms with van der Waals surface area (Å²) in [5.41, 5.74) is -0.414. The van der Waals surface area contributed by atoms with Gasteiger partial charge in [0, 0.05) is 12.5 Å². The van der Waals surface area contributed by atoms with Gasteiger partial charge in [-0.15, -0.1) is 0 Å². The van der Waals surface area contributed by atoms with E-state index < -0.39 is 11.6 Å². The predicted molar refractivity (Wildman–Crippen MR) is 80.5 cm³/mol. The maximum absolute atomic E-state index is 11.5. The molecule has 0 aliphatic carbocycles. The zero-order valence-electron chi connectivity index (χ0n) is 13.3. The van der Waals surface area contributed by atoms with Crippen molar-refractivity contribution in [2.75, 3.05) is 13.7 Å². The summed E-state index contributed by atoms with van der Waals surface area (Å²) in [4.78, 5) is 22.5. The van der Waals surface area contributed by atoms with E-state index in [1.54, 1.807) is 6.07 Å². The highest BCUT2D eigenvalue weighted by atomic mass is 16.6. The lowest BCUT2D eigenvalue weighted by Gasteiger charge is -2.19. The Balaban J connectivity index is 2.50. The predicted octanol–water partition coefficient (Wildman–Crippen LogP) is 2.89. The molecule has 0 saturated heterocycles. The molecule has 0 atom stereocenters. The van der Waals surface area contributed by atoms with Crippen LogP contribution in [-0.2, 0) is 9.53 Å². The van der Waals surface area contributed by atoms with Crippen LogP contribution >= 0.6 is 0 Å². The van der Waals surface area contributed by atoms with Crippen LogP contribution in [0.2, 0.25) is 0 Å². The molecule has 0 aliphatic rings. The number of rotatable bonds is 7. The molecule has 1 rings (SSSR count). The van der Waals surface area contributed by atoms with Gasteiger partial charge in [-0.2, -0.15) is 0 Å². The fraction of sp³-hybridized carbons (Fsp3) is 0.500. The van der Waals surface area contributed by atoms with E-state index in [9.17, 15) is 9.59 Å². The van der Waals surface area contributed by atoms with Crippen molar-refractivity contribution in [1.29, 1.82) is 0 Å². The first-order chi connectivity index (χ1) is 10.2. The molecule has 0 fully saturated rings. The number of hydrogen-bond acceptors (Lipinski definition) is 5. The number of aromatic carboxylic acids is 1. The molecule has 0 aromatic heterocycles. The number of ether oxygens (including phenoxy) is 3. The molecule has 0 amide bonds. The van der Waals surface area contributed by atoms with Crippen LogP contribution in [0.4, 0.5) is 0 Å². The normalized spacial score (nSPS) is 10.9. The number of carboxylic acids is 1. The molecule has 0 aliphatic heterocycles. The fourth-order valence-electron chi connectivity index (χ4n) is 1.70. The van der Waals surface area contributed by atoms with E-state index in [1.165, 1.54) is 19.2 Å². The quantitative estimate of drug-likeness (QED) is 0.616. The summed E-state index contributed by atoms with van der Waals surface area (Å²) in [6.07, 6.45) is 0.724.